The largest absolute Gasteiger partial charge is 0.207 e. The van der Waals surface area contributed by atoms with Gasteiger partial charge in [-0.2, -0.15) is 0 Å². The summed E-state index contributed by atoms with van der Waals surface area (Å²) in [6.45, 7) is 4.32. The van der Waals surface area contributed by atoms with Gasteiger partial charge in [0.25, 0.3) is 0 Å². The van der Waals surface area contributed by atoms with E-state index in [0.29, 0.717) is 0 Å². The average Bonchev–Trinajstić information content (AvgIpc) is 3.54. The van der Waals surface area contributed by atoms with E-state index in [1.54, 1.807) is 34.8 Å². The Morgan fingerprint density at radius 1 is 0.686 bits per heavy atom. The van der Waals surface area contributed by atoms with E-state index in [-0.39, 0.29) is 11.6 Å². The summed E-state index contributed by atoms with van der Waals surface area (Å²) < 4.78 is 28.9. The van der Waals surface area contributed by atoms with Gasteiger partial charge in [-0.25, -0.2) is 8.78 Å². The zero-order valence-electron chi connectivity index (χ0n) is 20.5. The molecule has 0 unspecified atom stereocenters. The van der Waals surface area contributed by atoms with Crippen LogP contribution in [-0.4, -0.2) is 0 Å². The summed E-state index contributed by atoms with van der Waals surface area (Å²) in [5.74, 6) is -0.139. The lowest BCUT2D eigenvalue weighted by Crippen LogP contribution is -1.91. The number of halogens is 3. The van der Waals surface area contributed by atoms with E-state index < -0.39 is 0 Å². The zero-order chi connectivity index (χ0) is 25.0. The Balaban J connectivity index is 0.000000196. The fourth-order valence-corrected chi connectivity index (χ4v) is 5.96. The molecule has 0 radical (unpaired) electrons. The first kappa shape index (κ1) is 27.8. The third-order valence-corrected chi connectivity index (χ3v) is 8.46. The molecule has 0 amide bonds. The average molecular weight is 576 g/mol. The maximum Gasteiger partial charge on any atom is 0.127 e. The maximum absolute atomic E-state index is 14.0. The number of benzene rings is 2. The van der Waals surface area contributed by atoms with Crippen LogP contribution < -0.4 is 0 Å². The predicted octanol–water partition coefficient (Wildman–Crippen LogP) is 11.3. The van der Waals surface area contributed by atoms with Gasteiger partial charge in [0.15, 0.2) is 0 Å². The summed E-state index contributed by atoms with van der Waals surface area (Å²) in [5, 5.41) is 2.02. The Morgan fingerprint density at radius 3 is 1.69 bits per heavy atom. The smallest absolute Gasteiger partial charge is 0.127 e. The minimum Gasteiger partial charge on any atom is -0.207 e. The normalized spacial score (nSPS) is 10.8. The molecule has 0 saturated heterocycles. The van der Waals surface area contributed by atoms with Crippen LogP contribution in [0.1, 0.15) is 63.5 Å². The van der Waals surface area contributed by atoms with E-state index in [0.717, 1.165) is 61.5 Å². The van der Waals surface area contributed by atoms with Gasteiger partial charge in [-0.1, -0.05) is 69.9 Å². The second-order valence-corrected chi connectivity index (χ2v) is 12.0. The molecule has 0 bridgehead atoms. The van der Waals surface area contributed by atoms with Crippen molar-refractivity contribution in [2.45, 2.75) is 65.2 Å². The van der Waals surface area contributed by atoms with Gasteiger partial charge in [0, 0.05) is 9.75 Å². The molecule has 186 valence electrons. The van der Waals surface area contributed by atoms with Crippen LogP contribution in [0.2, 0.25) is 0 Å². The van der Waals surface area contributed by atoms with Crippen molar-refractivity contribution in [2.75, 3.05) is 0 Å². The highest BCUT2D eigenvalue weighted by Crippen LogP contribution is 2.32. The fraction of sp³-hybridized carbons (Fsp3) is 0.333. The summed E-state index contributed by atoms with van der Waals surface area (Å²) in [5.41, 5.74) is 3.63. The van der Waals surface area contributed by atoms with Crippen LogP contribution in [0.25, 0.3) is 20.9 Å². The van der Waals surface area contributed by atoms with Crippen molar-refractivity contribution >= 4 is 38.6 Å². The van der Waals surface area contributed by atoms with Gasteiger partial charge in [-0.05, 0) is 99.6 Å². The Morgan fingerprint density at radius 2 is 1.26 bits per heavy atom. The zero-order valence-corrected chi connectivity index (χ0v) is 23.7. The number of hydrogen-bond donors (Lipinski definition) is 0. The minimum absolute atomic E-state index is 0.0630. The van der Waals surface area contributed by atoms with Crippen molar-refractivity contribution in [3.63, 3.8) is 0 Å². The molecular formula is C30H33BrF2S2. The molecule has 0 saturated carbocycles. The molecule has 2 aromatic carbocycles. The van der Waals surface area contributed by atoms with Crippen molar-refractivity contribution in [1.82, 2.24) is 0 Å². The van der Waals surface area contributed by atoms with E-state index in [1.807, 2.05) is 53.9 Å². The lowest BCUT2D eigenvalue weighted by atomic mass is 10.0. The van der Waals surface area contributed by atoms with Gasteiger partial charge in [0.1, 0.15) is 11.6 Å². The van der Waals surface area contributed by atoms with Gasteiger partial charge >= 0.3 is 0 Å². The molecule has 0 aliphatic carbocycles. The lowest BCUT2D eigenvalue weighted by Gasteiger charge is -2.05. The Labute approximate surface area is 225 Å². The van der Waals surface area contributed by atoms with Gasteiger partial charge in [0.05, 0.1) is 3.79 Å². The number of thiophene rings is 2. The van der Waals surface area contributed by atoms with Crippen molar-refractivity contribution < 1.29 is 8.78 Å². The first-order valence-corrected chi connectivity index (χ1v) is 14.9. The second kappa shape index (κ2) is 14.7. The molecule has 35 heavy (non-hydrogen) atoms. The molecule has 0 aliphatic rings. The molecule has 4 aromatic rings. The van der Waals surface area contributed by atoms with Crippen LogP contribution in [0.15, 0.2) is 69.8 Å². The lowest BCUT2D eigenvalue weighted by molar-refractivity contribution is 0.599. The molecule has 0 N–H and O–H groups in total. The fourth-order valence-electron chi connectivity index (χ4n) is 3.85. The van der Waals surface area contributed by atoms with E-state index in [9.17, 15) is 8.78 Å². The van der Waals surface area contributed by atoms with E-state index >= 15 is 0 Å². The molecule has 0 spiro atoms. The number of unbranched alkanes of at least 4 members (excludes halogenated alkanes) is 4. The molecule has 2 heterocycles. The molecule has 2 aromatic heterocycles. The van der Waals surface area contributed by atoms with Crippen LogP contribution in [0.4, 0.5) is 8.78 Å². The number of hydrogen-bond acceptors (Lipinski definition) is 2. The monoisotopic (exact) mass is 574 g/mol. The molecular weight excluding hydrogens is 542 g/mol. The van der Waals surface area contributed by atoms with Crippen LogP contribution in [0.5, 0.6) is 0 Å². The van der Waals surface area contributed by atoms with Crippen LogP contribution in [-0.2, 0) is 12.8 Å². The van der Waals surface area contributed by atoms with Crippen LogP contribution in [0, 0.1) is 11.6 Å². The van der Waals surface area contributed by atoms with Crippen molar-refractivity contribution in [1.29, 1.82) is 0 Å². The third kappa shape index (κ3) is 8.66. The quantitative estimate of drug-likeness (QED) is 0.165. The number of aryl methyl sites for hydroxylation is 2. The van der Waals surface area contributed by atoms with Crippen LogP contribution in [0.3, 0.4) is 0 Å². The molecule has 0 atom stereocenters. The Hall–Kier alpha value is -1.82. The van der Waals surface area contributed by atoms with Crippen molar-refractivity contribution in [3.8, 4) is 20.9 Å². The molecule has 5 heteroatoms. The number of rotatable bonds is 10. The highest BCUT2D eigenvalue weighted by Gasteiger charge is 2.07. The van der Waals surface area contributed by atoms with Crippen molar-refractivity contribution in [3.05, 3.63) is 92.6 Å². The highest BCUT2D eigenvalue weighted by molar-refractivity contribution is 9.11. The molecule has 0 aliphatic heterocycles. The van der Waals surface area contributed by atoms with Gasteiger partial charge in [-0.3, -0.25) is 0 Å². The first-order valence-electron chi connectivity index (χ1n) is 12.4. The van der Waals surface area contributed by atoms with Gasteiger partial charge in [-0.15, -0.1) is 22.7 Å². The first-order chi connectivity index (χ1) is 17.0. The Bertz CT molecular complexity index is 1170. The third-order valence-electron chi connectivity index (χ3n) is 5.87. The van der Waals surface area contributed by atoms with Gasteiger partial charge < -0.3 is 0 Å². The van der Waals surface area contributed by atoms with Gasteiger partial charge in [0.2, 0.25) is 0 Å². The predicted molar refractivity (Wildman–Crippen MR) is 154 cm³/mol. The standard InChI is InChI=1S/C15H16BrFS.C15H17FS/c1-2-3-4-5-11-6-7-12(10-13(11)17)14-8-9-15(16)18-14;1-2-3-4-6-12-8-9-13(11-14(12)16)15-7-5-10-17-15/h6-10H,2-5H2,1H3;5,7-11H,2-4,6H2,1H3. The molecule has 0 fully saturated rings. The summed E-state index contributed by atoms with van der Waals surface area (Å²) >= 11 is 6.70. The topological polar surface area (TPSA) is 0 Å². The molecule has 4 rings (SSSR count). The Kier molecular flexibility index (Phi) is 11.6. The van der Waals surface area contributed by atoms with E-state index in [4.69, 9.17) is 0 Å². The maximum atomic E-state index is 14.0. The minimum atomic E-state index is -0.0758. The van der Waals surface area contributed by atoms with E-state index in [2.05, 4.69) is 29.8 Å². The summed E-state index contributed by atoms with van der Waals surface area (Å²) in [6, 6.07) is 19.2. The highest BCUT2D eigenvalue weighted by atomic mass is 79.9. The molecule has 0 nitrogen and oxygen atoms in total. The van der Waals surface area contributed by atoms with Crippen molar-refractivity contribution in [2.24, 2.45) is 0 Å². The van der Waals surface area contributed by atoms with E-state index in [1.165, 1.54) is 25.7 Å². The second-order valence-electron chi connectivity index (χ2n) is 8.61. The summed E-state index contributed by atoms with van der Waals surface area (Å²) in [4.78, 5) is 2.23. The van der Waals surface area contributed by atoms with Crippen LogP contribution >= 0.6 is 38.6 Å². The summed E-state index contributed by atoms with van der Waals surface area (Å²) in [7, 11) is 0. The summed E-state index contributed by atoms with van der Waals surface area (Å²) in [6.07, 6.45) is 8.52. The SMILES string of the molecule is CCCCCc1ccc(-c2ccc(Br)s2)cc1F.CCCCCc1ccc(-c2cccs2)cc1F.